The van der Waals surface area contributed by atoms with Crippen LogP contribution in [0.15, 0.2) is 48.5 Å². The molecule has 4 rings (SSSR count). The molecule has 1 aliphatic rings. The number of urea groups is 1. The summed E-state index contributed by atoms with van der Waals surface area (Å²) in [4.78, 5) is 15.3. The fraction of sp³-hybridized carbons (Fsp3) is 0.296. The Hall–Kier alpha value is -3.29. The van der Waals surface area contributed by atoms with E-state index in [-0.39, 0.29) is 12.1 Å². The van der Waals surface area contributed by atoms with Crippen molar-refractivity contribution in [2.75, 3.05) is 40.3 Å². The Morgan fingerprint density at radius 1 is 0.861 bits per heavy atom. The number of hydrogen-bond acceptors (Lipinski definition) is 5. The van der Waals surface area contributed by atoms with Crippen molar-refractivity contribution >= 4 is 34.9 Å². The van der Waals surface area contributed by atoms with Crippen LogP contribution < -0.4 is 24.3 Å². The first-order valence-electron chi connectivity index (χ1n) is 11.4. The number of nitrogens with one attached hydrogen (secondary N) is 1. The van der Waals surface area contributed by atoms with Gasteiger partial charge in [0, 0.05) is 12.2 Å². The van der Waals surface area contributed by atoms with Gasteiger partial charge in [-0.05, 0) is 72.0 Å². The van der Waals surface area contributed by atoms with Gasteiger partial charge in [-0.3, -0.25) is 0 Å². The number of amides is 2. The molecule has 0 spiro atoms. The molecule has 7 nitrogen and oxygen atoms in total. The first-order chi connectivity index (χ1) is 17.4. The zero-order valence-electron chi connectivity index (χ0n) is 20.6. The number of anilines is 1. The third-order valence-corrected chi connectivity index (χ3v) is 7.05. The first-order valence-corrected chi connectivity index (χ1v) is 12.1. The summed E-state index contributed by atoms with van der Waals surface area (Å²) < 4.78 is 22.0. The SMILES string of the molecule is COc1ccc(C[C@H]2c3cc(OC)c(OC)cc3CCN2C(=O)Nc2ccc(Cl)c(Cl)c2)cc1OC. The molecule has 3 aromatic rings. The maximum Gasteiger partial charge on any atom is 0.322 e. The second-order valence-corrected chi connectivity index (χ2v) is 9.13. The molecule has 3 aromatic carbocycles. The van der Waals surface area contributed by atoms with Gasteiger partial charge in [0.1, 0.15) is 0 Å². The molecule has 0 bridgehead atoms. The third kappa shape index (κ3) is 5.27. The number of carbonyl (C=O) groups is 1. The van der Waals surface area contributed by atoms with Gasteiger partial charge in [0.15, 0.2) is 23.0 Å². The fourth-order valence-electron chi connectivity index (χ4n) is 4.49. The van der Waals surface area contributed by atoms with E-state index in [4.69, 9.17) is 42.1 Å². The van der Waals surface area contributed by atoms with Crippen LogP contribution in [0.5, 0.6) is 23.0 Å². The van der Waals surface area contributed by atoms with Crippen molar-refractivity contribution < 1.29 is 23.7 Å². The third-order valence-electron chi connectivity index (χ3n) is 6.31. The number of ether oxygens (including phenoxy) is 4. The molecule has 190 valence electrons. The van der Waals surface area contributed by atoms with E-state index < -0.39 is 0 Å². The minimum atomic E-state index is -0.269. The number of nitrogens with zero attached hydrogens (tertiary/aromatic N) is 1. The van der Waals surface area contributed by atoms with E-state index in [0.717, 1.165) is 16.7 Å². The van der Waals surface area contributed by atoms with Crippen LogP contribution >= 0.6 is 23.2 Å². The Morgan fingerprint density at radius 3 is 2.19 bits per heavy atom. The Bertz CT molecular complexity index is 1270. The van der Waals surface area contributed by atoms with Gasteiger partial charge in [0.25, 0.3) is 0 Å². The summed E-state index contributed by atoms with van der Waals surface area (Å²) in [6, 6.07) is 14.2. The molecule has 2 amide bonds. The molecule has 36 heavy (non-hydrogen) atoms. The van der Waals surface area contributed by atoms with Gasteiger partial charge >= 0.3 is 6.03 Å². The van der Waals surface area contributed by atoms with E-state index in [1.165, 1.54) is 0 Å². The standard InChI is InChI=1S/C27H28Cl2N2O5/c1-33-23-8-5-16(12-24(23)34-2)11-22-19-15-26(36-4)25(35-3)13-17(19)9-10-31(22)27(32)30-18-6-7-20(28)21(29)14-18/h5-8,12-15,22H,9-11H2,1-4H3,(H,30,32)/t22-/m0/s1. The number of rotatable bonds is 7. The number of methoxy groups -OCH3 is 4. The lowest BCUT2D eigenvalue weighted by Crippen LogP contribution is -2.43. The predicted molar refractivity (Wildman–Crippen MR) is 141 cm³/mol. The molecule has 0 radical (unpaired) electrons. The van der Waals surface area contributed by atoms with E-state index in [0.29, 0.717) is 58.1 Å². The van der Waals surface area contributed by atoms with Crippen molar-refractivity contribution in [1.82, 2.24) is 4.90 Å². The summed E-state index contributed by atoms with van der Waals surface area (Å²) in [5.41, 5.74) is 3.67. The van der Waals surface area contributed by atoms with Crippen molar-refractivity contribution in [1.29, 1.82) is 0 Å². The highest BCUT2D eigenvalue weighted by molar-refractivity contribution is 6.42. The zero-order valence-corrected chi connectivity index (χ0v) is 22.1. The van der Waals surface area contributed by atoms with Crippen LogP contribution in [-0.2, 0) is 12.8 Å². The van der Waals surface area contributed by atoms with Gasteiger partial charge in [-0.15, -0.1) is 0 Å². The Labute approximate surface area is 220 Å². The van der Waals surface area contributed by atoms with Crippen molar-refractivity contribution in [2.45, 2.75) is 18.9 Å². The molecule has 0 fully saturated rings. The first kappa shape index (κ1) is 25.8. The maximum absolute atomic E-state index is 13.5. The normalized spacial score (nSPS) is 14.6. The fourth-order valence-corrected chi connectivity index (χ4v) is 4.79. The van der Waals surface area contributed by atoms with Crippen molar-refractivity contribution in [3.63, 3.8) is 0 Å². The van der Waals surface area contributed by atoms with Crippen molar-refractivity contribution in [3.05, 3.63) is 75.3 Å². The van der Waals surface area contributed by atoms with Crippen molar-refractivity contribution in [2.24, 2.45) is 0 Å². The molecule has 9 heteroatoms. The molecule has 1 atom stereocenters. The molecule has 0 saturated heterocycles. The molecule has 0 saturated carbocycles. The average Bonchev–Trinajstić information content (AvgIpc) is 2.89. The average molecular weight is 531 g/mol. The minimum absolute atomic E-state index is 0.237. The summed E-state index contributed by atoms with van der Waals surface area (Å²) in [5.74, 6) is 2.55. The lowest BCUT2D eigenvalue weighted by Gasteiger charge is -2.38. The number of halogens is 2. The van der Waals surface area contributed by atoms with Gasteiger partial charge < -0.3 is 29.2 Å². The van der Waals surface area contributed by atoms with E-state index in [1.807, 2.05) is 35.2 Å². The van der Waals surface area contributed by atoms with Gasteiger partial charge in [-0.2, -0.15) is 0 Å². The summed E-state index contributed by atoms with van der Waals surface area (Å²) >= 11 is 12.2. The topological polar surface area (TPSA) is 69.3 Å². The summed E-state index contributed by atoms with van der Waals surface area (Å²) in [7, 11) is 6.42. The highest BCUT2D eigenvalue weighted by atomic mass is 35.5. The van der Waals surface area contributed by atoms with Gasteiger partial charge in [0.2, 0.25) is 0 Å². The lowest BCUT2D eigenvalue weighted by atomic mass is 9.88. The lowest BCUT2D eigenvalue weighted by molar-refractivity contribution is 0.181. The van der Waals surface area contributed by atoms with E-state index in [2.05, 4.69) is 5.32 Å². The summed E-state index contributed by atoms with van der Waals surface area (Å²) in [6.45, 7) is 0.521. The molecular formula is C27H28Cl2N2O5. The van der Waals surface area contributed by atoms with Gasteiger partial charge in [0.05, 0.1) is 44.5 Å². The predicted octanol–water partition coefficient (Wildman–Crippen LogP) is 6.40. The van der Waals surface area contributed by atoms with Crippen LogP contribution in [0.25, 0.3) is 0 Å². The molecule has 1 heterocycles. The van der Waals surface area contributed by atoms with Crippen molar-refractivity contribution in [3.8, 4) is 23.0 Å². The Kier molecular flexibility index (Phi) is 8.01. The number of fused-ring (bicyclic) bond motifs is 1. The molecular weight excluding hydrogens is 503 g/mol. The van der Waals surface area contributed by atoms with Gasteiger partial charge in [-0.1, -0.05) is 29.3 Å². The molecule has 0 aromatic heterocycles. The highest BCUT2D eigenvalue weighted by Gasteiger charge is 2.33. The van der Waals surface area contributed by atoms with Crippen LogP contribution in [0.2, 0.25) is 10.0 Å². The van der Waals surface area contributed by atoms with Crippen LogP contribution in [0.1, 0.15) is 22.7 Å². The van der Waals surface area contributed by atoms with E-state index >= 15 is 0 Å². The summed E-state index contributed by atoms with van der Waals surface area (Å²) in [5, 5.41) is 3.76. The summed E-state index contributed by atoms with van der Waals surface area (Å²) in [6.07, 6.45) is 1.23. The monoisotopic (exact) mass is 530 g/mol. The Balaban J connectivity index is 1.72. The molecule has 1 N–H and O–H groups in total. The zero-order chi connectivity index (χ0) is 25.8. The van der Waals surface area contributed by atoms with Crippen LogP contribution in [0, 0.1) is 0 Å². The van der Waals surface area contributed by atoms with E-state index in [1.54, 1.807) is 46.6 Å². The smallest absolute Gasteiger partial charge is 0.322 e. The van der Waals surface area contributed by atoms with Crippen LogP contribution in [-0.4, -0.2) is 45.9 Å². The number of carbonyl (C=O) groups excluding carboxylic acids is 1. The minimum Gasteiger partial charge on any atom is -0.493 e. The second kappa shape index (κ2) is 11.2. The quantitative estimate of drug-likeness (QED) is 0.382. The van der Waals surface area contributed by atoms with Crippen LogP contribution in [0.3, 0.4) is 0 Å². The maximum atomic E-state index is 13.5. The number of hydrogen-bond donors (Lipinski definition) is 1. The highest BCUT2D eigenvalue weighted by Crippen LogP contribution is 2.40. The van der Waals surface area contributed by atoms with E-state index in [9.17, 15) is 4.79 Å². The molecule has 0 aliphatic carbocycles. The second-order valence-electron chi connectivity index (χ2n) is 8.32. The molecule has 1 aliphatic heterocycles. The van der Waals surface area contributed by atoms with Gasteiger partial charge in [-0.25, -0.2) is 4.79 Å². The van der Waals surface area contributed by atoms with Crippen LogP contribution in [0.4, 0.5) is 10.5 Å². The number of benzene rings is 3. The molecule has 0 unspecified atom stereocenters. The largest absolute Gasteiger partial charge is 0.493 e. The Morgan fingerprint density at radius 2 is 1.53 bits per heavy atom.